The summed E-state index contributed by atoms with van der Waals surface area (Å²) in [6.45, 7) is 4.83. The fraction of sp³-hybridized carbons (Fsp3) is 0.462. The Hall–Kier alpha value is -1.62. The number of ether oxygens (including phenoxy) is 1. The number of benzene rings is 1. The third-order valence-electron chi connectivity index (χ3n) is 3.15. The summed E-state index contributed by atoms with van der Waals surface area (Å²) in [5.41, 5.74) is 2.08. The normalized spacial score (nSPS) is 15.6. The molecule has 1 aliphatic rings. The molecule has 18 heavy (non-hydrogen) atoms. The molecule has 0 aliphatic carbocycles. The molecule has 0 radical (unpaired) electrons. The van der Waals surface area contributed by atoms with Crippen LogP contribution in [-0.4, -0.2) is 32.3 Å². The van der Waals surface area contributed by atoms with Crippen LogP contribution in [0.25, 0.3) is 0 Å². The molecule has 0 bridgehead atoms. The standard InChI is InChI=1S/C13H16FNO3/c1-2-10-11(13(16)18-14)4-3-5-12(10)15-6-8-17-9-7-15/h3-5H,2,6-9H2,1H3. The first-order valence-electron chi connectivity index (χ1n) is 6.05. The van der Waals surface area contributed by atoms with Crippen LogP contribution in [0.1, 0.15) is 22.8 Å². The maximum absolute atomic E-state index is 12.1. The summed E-state index contributed by atoms with van der Waals surface area (Å²) < 4.78 is 17.4. The minimum Gasteiger partial charge on any atom is -0.378 e. The number of rotatable bonds is 3. The van der Waals surface area contributed by atoms with Crippen molar-refractivity contribution in [2.45, 2.75) is 13.3 Å². The van der Waals surface area contributed by atoms with Crippen molar-refractivity contribution in [3.05, 3.63) is 29.3 Å². The molecule has 98 valence electrons. The van der Waals surface area contributed by atoms with E-state index >= 15 is 0 Å². The number of hydrogen-bond acceptors (Lipinski definition) is 4. The van der Waals surface area contributed by atoms with Gasteiger partial charge in [0.1, 0.15) is 0 Å². The Morgan fingerprint density at radius 1 is 1.44 bits per heavy atom. The maximum Gasteiger partial charge on any atom is 0.379 e. The number of carbonyl (C=O) groups is 1. The SMILES string of the molecule is CCc1c(C(=O)OF)cccc1N1CCOCC1. The first-order valence-corrected chi connectivity index (χ1v) is 6.05. The van der Waals surface area contributed by atoms with Crippen LogP contribution < -0.4 is 4.90 Å². The van der Waals surface area contributed by atoms with Crippen molar-refractivity contribution in [2.24, 2.45) is 0 Å². The second-order valence-corrected chi connectivity index (χ2v) is 4.12. The van der Waals surface area contributed by atoms with Crippen molar-refractivity contribution in [1.29, 1.82) is 0 Å². The molecule has 0 spiro atoms. The van der Waals surface area contributed by atoms with Gasteiger partial charge in [-0.15, -0.1) is 0 Å². The van der Waals surface area contributed by atoms with E-state index in [4.69, 9.17) is 4.74 Å². The molecule has 1 fully saturated rings. The third-order valence-corrected chi connectivity index (χ3v) is 3.15. The van der Waals surface area contributed by atoms with Gasteiger partial charge < -0.3 is 9.64 Å². The summed E-state index contributed by atoms with van der Waals surface area (Å²) in [5.74, 6) is -0.929. The average Bonchev–Trinajstić information content (AvgIpc) is 2.46. The lowest BCUT2D eigenvalue weighted by Gasteiger charge is -2.31. The topological polar surface area (TPSA) is 38.8 Å². The highest BCUT2D eigenvalue weighted by molar-refractivity contribution is 5.92. The van der Waals surface area contributed by atoms with Crippen LogP contribution in [0.5, 0.6) is 0 Å². The molecule has 1 aromatic carbocycles. The average molecular weight is 253 g/mol. The Bertz CT molecular complexity index is 430. The van der Waals surface area contributed by atoms with E-state index in [9.17, 15) is 9.32 Å². The molecule has 4 nitrogen and oxygen atoms in total. The molecule has 0 aromatic heterocycles. The van der Waals surface area contributed by atoms with Gasteiger partial charge in [-0.3, -0.25) is 0 Å². The van der Waals surface area contributed by atoms with Crippen molar-refractivity contribution in [3.63, 3.8) is 0 Å². The maximum atomic E-state index is 12.1. The molecule has 0 unspecified atom stereocenters. The summed E-state index contributed by atoms with van der Waals surface area (Å²) >= 11 is 0. The fourth-order valence-electron chi connectivity index (χ4n) is 2.28. The highest BCUT2D eigenvalue weighted by Crippen LogP contribution is 2.26. The lowest BCUT2D eigenvalue weighted by molar-refractivity contribution is -0.0788. The summed E-state index contributed by atoms with van der Waals surface area (Å²) in [5, 5.41) is 0. The highest BCUT2D eigenvalue weighted by Gasteiger charge is 2.20. The molecule has 0 amide bonds. The molecule has 1 saturated heterocycles. The van der Waals surface area contributed by atoms with Crippen LogP contribution in [0.2, 0.25) is 0 Å². The van der Waals surface area contributed by atoms with Crippen molar-refractivity contribution < 1.29 is 19.0 Å². The van der Waals surface area contributed by atoms with Gasteiger partial charge in [-0.05, 0) is 24.1 Å². The zero-order valence-corrected chi connectivity index (χ0v) is 10.3. The van der Waals surface area contributed by atoms with Gasteiger partial charge in [0.2, 0.25) is 0 Å². The number of morpholine rings is 1. The first kappa shape index (κ1) is 12.8. The van der Waals surface area contributed by atoms with E-state index in [1.54, 1.807) is 12.1 Å². The number of hydrogen-bond donors (Lipinski definition) is 0. The van der Waals surface area contributed by atoms with Crippen LogP contribution in [0.3, 0.4) is 0 Å². The molecular formula is C13H16FNO3. The van der Waals surface area contributed by atoms with Crippen molar-refractivity contribution in [3.8, 4) is 0 Å². The van der Waals surface area contributed by atoms with E-state index < -0.39 is 5.97 Å². The minimum atomic E-state index is -0.929. The predicted octanol–water partition coefficient (Wildman–Crippen LogP) is 2.13. The number of halogens is 1. The number of nitrogens with zero attached hydrogens (tertiary/aromatic N) is 1. The number of carbonyl (C=O) groups excluding carboxylic acids is 1. The van der Waals surface area contributed by atoms with Gasteiger partial charge in [-0.25, -0.2) is 9.74 Å². The fourth-order valence-corrected chi connectivity index (χ4v) is 2.28. The second kappa shape index (κ2) is 5.82. The lowest BCUT2D eigenvalue weighted by Crippen LogP contribution is -2.37. The van der Waals surface area contributed by atoms with Crippen LogP contribution in [0.4, 0.5) is 10.2 Å². The van der Waals surface area contributed by atoms with Crippen molar-refractivity contribution in [2.75, 3.05) is 31.2 Å². The van der Waals surface area contributed by atoms with Gasteiger partial charge in [0, 0.05) is 23.3 Å². The zero-order valence-electron chi connectivity index (χ0n) is 10.3. The molecule has 2 rings (SSSR count). The van der Waals surface area contributed by atoms with E-state index in [1.165, 1.54) is 0 Å². The zero-order chi connectivity index (χ0) is 13.0. The highest BCUT2D eigenvalue weighted by atomic mass is 19.3. The molecule has 0 saturated carbocycles. The molecule has 0 N–H and O–H groups in total. The molecule has 1 aliphatic heterocycles. The third kappa shape index (κ3) is 2.46. The molecule has 5 heteroatoms. The Kier molecular flexibility index (Phi) is 4.15. The Balaban J connectivity index is 2.37. The first-order chi connectivity index (χ1) is 8.77. The van der Waals surface area contributed by atoms with Crippen molar-refractivity contribution in [1.82, 2.24) is 0 Å². The van der Waals surface area contributed by atoms with Crippen LogP contribution in [0.15, 0.2) is 18.2 Å². The smallest absolute Gasteiger partial charge is 0.378 e. The second-order valence-electron chi connectivity index (χ2n) is 4.12. The molecule has 1 aromatic rings. The monoisotopic (exact) mass is 253 g/mol. The quantitative estimate of drug-likeness (QED) is 0.827. The molecular weight excluding hydrogens is 237 g/mol. The lowest BCUT2D eigenvalue weighted by atomic mass is 10.0. The minimum absolute atomic E-state index is 0.295. The van der Waals surface area contributed by atoms with Crippen LogP contribution >= 0.6 is 0 Å². The van der Waals surface area contributed by atoms with E-state index in [1.807, 2.05) is 13.0 Å². The number of anilines is 1. The van der Waals surface area contributed by atoms with Gasteiger partial charge >= 0.3 is 5.97 Å². The summed E-state index contributed by atoms with van der Waals surface area (Å²) in [6.07, 6.45) is 0.651. The summed E-state index contributed by atoms with van der Waals surface area (Å²) in [6, 6.07) is 5.28. The Labute approximate surface area is 105 Å². The van der Waals surface area contributed by atoms with Gasteiger partial charge in [0.05, 0.1) is 18.8 Å². The van der Waals surface area contributed by atoms with Gasteiger partial charge in [0.15, 0.2) is 0 Å². The summed E-state index contributed by atoms with van der Waals surface area (Å²) in [7, 11) is 0. The Morgan fingerprint density at radius 3 is 2.78 bits per heavy atom. The van der Waals surface area contributed by atoms with E-state index in [0.29, 0.717) is 25.2 Å². The van der Waals surface area contributed by atoms with E-state index in [0.717, 1.165) is 24.3 Å². The van der Waals surface area contributed by atoms with Crippen molar-refractivity contribution >= 4 is 11.7 Å². The van der Waals surface area contributed by atoms with E-state index in [2.05, 4.69) is 9.84 Å². The van der Waals surface area contributed by atoms with Crippen LogP contribution in [0, 0.1) is 0 Å². The van der Waals surface area contributed by atoms with E-state index in [-0.39, 0.29) is 0 Å². The molecule has 0 atom stereocenters. The Morgan fingerprint density at radius 2 is 2.17 bits per heavy atom. The van der Waals surface area contributed by atoms with Crippen LogP contribution in [-0.2, 0) is 16.1 Å². The van der Waals surface area contributed by atoms with Gasteiger partial charge in [-0.1, -0.05) is 13.0 Å². The predicted molar refractivity (Wildman–Crippen MR) is 65.4 cm³/mol. The largest absolute Gasteiger partial charge is 0.379 e. The summed E-state index contributed by atoms with van der Waals surface area (Å²) in [4.78, 5) is 16.9. The van der Waals surface area contributed by atoms with Gasteiger partial charge in [0.25, 0.3) is 0 Å². The van der Waals surface area contributed by atoms with Gasteiger partial charge in [-0.2, -0.15) is 0 Å². The molecule has 1 heterocycles.